The maximum absolute atomic E-state index is 12.0. The summed E-state index contributed by atoms with van der Waals surface area (Å²) in [5.41, 5.74) is 5.43. The van der Waals surface area contributed by atoms with Gasteiger partial charge in [-0.15, -0.1) is 0 Å². The van der Waals surface area contributed by atoms with E-state index in [0.29, 0.717) is 13.1 Å². The summed E-state index contributed by atoms with van der Waals surface area (Å²) in [4.78, 5) is 26.0. The summed E-state index contributed by atoms with van der Waals surface area (Å²) < 4.78 is 6.76. The van der Waals surface area contributed by atoms with Gasteiger partial charge in [0.2, 0.25) is 0 Å². The van der Waals surface area contributed by atoms with Crippen LogP contribution in [0.25, 0.3) is 0 Å². The number of aromatic nitrogens is 2. The second kappa shape index (κ2) is 6.34. The zero-order valence-electron chi connectivity index (χ0n) is 12.7. The van der Waals surface area contributed by atoms with E-state index in [-0.39, 0.29) is 16.9 Å². The molecule has 2 rings (SSSR count). The summed E-state index contributed by atoms with van der Waals surface area (Å²) >= 11 is 0. The Morgan fingerprint density at radius 2 is 2.05 bits per heavy atom. The van der Waals surface area contributed by atoms with Crippen molar-refractivity contribution in [2.75, 3.05) is 30.8 Å². The average Bonchev–Trinajstić information content (AvgIpc) is 2.44. The van der Waals surface area contributed by atoms with E-state index in [9.17, 15) is 9.59 Å². The molecule has 0 spiro atoms. The number of H-pyrrole nitrogens is 1. The van der Waals surface area contributed by atoms with Crippen molar-refractivity contribution in [2.24, 2.45) is 5.41 Å². The van der Waals surface area contributed by atoms with E-state index in [0.717, 1.165) is 32.5 Å². The number of nitrogens with one attached hydrogen (secondary N) is 2. The molecule has 1 aliphatic heterocycles. The molecular weight excluding hydrogens is 272 g/mol. The van der Waals surface area contributed by atoms with Crippen LogP contribution in [0.2, 0.25) is 0 Å². The molecule has 0 aliphatic carbocycles. The number of anilines is 2. The Hall–Kier alpha value is -1.76. The fourth-order valence-electron chi connectivity index (χ4n) is 2.55. The highest BCUT2D eigenvalue weighted by molar-refractivity contribution is 5.60. The molecule has 0 radical (unpaired) electrons. The molecule has 0 atom stereocenters. The van der Waals surface area contributed by atoms with E-state index in [1.54, 1.807) is 0 Å². The van der Waals surface area contributed by atoms with E-state index < -0.39 is 11.2 Å². The maximum Gasteiger partial charge on any atom is 0.330 e. The Morgan fingerprint density at radius 1 is 1.38 bits per heavy atom. The molecule has 1 fully saturated rings. The molecule has 0 bridgehead atoms. The van der Waals surface area contributed by atoms with Gasteiger partial charge in [-0.05, 0) is 24.7 Å². The summed E-state index contributed by atoms with van der Waals surface area (Å²) in [6.45, 7) is 6.70. The van der Waals surface area contributed by atoms with Crippen molar-refractivity contribution in [3.8, 4) is 0 Å². The van der Waals surface area contributed by atoms with Gasteiger partial charge in [0.25, 0.3) is 5.56 Å². The van der Waals surface area contributed by atoms with Crippen LogP contribution in [0.4, 0.5) is 11.5 Å². The van der Waals surface area contributed by atoms with Crippen LogP contribution in [0.15, 0.2) is 9.59 Å². The fraction of sp³-hybridized carbons (Fsp3) is 0.714. The minimum atomic E-state index is -0.458. The van der Waals surface area contributed by atoms with Gasteiger partial charge in [0, 0.05) is 26.3 Å². The first-order valence-corrected chi connectivity index (χ1v) is 7.41. The van der Waals surface area contributed by atoms with E-state index in [2.05, 4.69) is 17.2 Å². The van der Waals surface area contributed by atoms with Crippen LogP contribution < -0.4 is 22.3 Å². The number of nitrogens with two attached hydrogens (primary N) is 1. The molecule has 4 N–H and O–H groups in total. The van der Waals surface area contributed by atoms with Crippen LogP contribution in [-0.4, -0.2) is 29.3 Å². The highest BCUT2D eigenvalue weighted by Gasteiger charge is 2.27. The Balaban J connectivity index is 2.21. The van der Waals surface area contributed by atoms with Crippen LogP contribution >= 0.6 is 0 Å². The number of rotatable bonds is 5. The molecule has 7 nitrogen and oxygen atoms in total. The first kappa shape index (κ1) is 15.6. The van der Waals surface area contributed by atoms with E-state index in [1.807, 2.05) is 6.92 Å². The molecule has 1 saturated heterocycles. The second-order valence-electron chi connectivity index (χ2n) is 5.95. The van der Waals surface area contributed by atoms with Crippen molar-refractivity contribution in [1.82, 2.24) is 9.55 Å². The quantitative estimate of drug-likeness (QED) is 0.744. The minimum absolute atomic E-state index is 0.0723. The van der Waals surface area contributed by atoms with Crippen LogP contribution in [0.5, 0.6) is 0 Å². The highest BCUT2D eigenvalue weighted by atomic mass is 16.5. The van der Waals surface area contributed by atoms with Gasteiger partial charge in [0.05, 0.1) is 0 Å². The normalized spacial score (nSPS) is 17.6. The largest absolute Gasteiger partial charge is 0.383 e. The third-order valence-electron chi connectivity index (χ3n) is 4.08. The van der Waals surface area contributed by atoms with Gasteiger partial charge in [-0.2, -0.15) is 0 Å². The fourth-order valence-corrected chi connectivity index (χ4v) is 2.55. The molecule has 2 heterocycles. The number of nitrogen functional groups attached to an aromatic ring is 1. The van der Waals surface area contributed by atoms with Crippen molar-refractivity contribution in [1.29, 1.82) is 0 Å². The average molecular weight is 296 g/mol. The van der Waals surface area contributed by atoms with Crippen LogP contribution in [0.1, 0.15) is 33.1 Å². The second-order valence-corrected chi connectivity index (χ2v) is 5.95. The lowest BCUT2D eigenvalue weighted by Gasteiger charge is -2.34. The highest BCUT2D eigenvalue weighted by Crippen LogP contribution is 2.30. The van der Waals surface area contributed by atoms with Gasteiger partial charge >= 0.3 is 5.69 Å². The van der Waals surface area contributed by atoms with E-state index in [1.165, 1.54) is 4.57 Å². The summed E-state index contributed by atoms with van der Waals surface area (Å²) in [6, 6.07) is 0. The summed E-state index contributed by atoms with van der Waals surface area (Å²) in [5.74, 6) is 0.209. The van der Waals surface area contributed by atoms with Gasteiger partial charge < -0.3 is 15.8 Å². The van der Waals surface area contributed by atoms with Crippen molar-refractivity contribution in [3.63, 3.8) is 0 Å². The number of aromatic amines is 1. The minimum Gasteiger partial charge on any atom is -0.383 e. The molecule has 0 saturated carbocycles. The number of nitrogens with zero attached hydrogens (tertiary/aromatic N) is 1. The summed E-state index contributed by atoms with van der Waals surface area (Å²) in [5, 5.41) is 3.13. The topological polar surface area (TPSA) is 102 Å². The first-order valence-electron chi connectivity index (χ1n) is 7.41. The standard InChI is InChI=1S/C14H24N4O3/c1-3-6-18-11(15)10(12(19)17-13(18)20)16-9-14(2)4-7-21-8-5-14/h16H,3-9,15H2,1-2H3,(H,17,19,20). The number of hydrogen-bond acceptors (Lipinski definition) is 5. The third kappa shape index (κ3) is 3.47. The van der Waals surface area contributed by atoms with Crippen LogP contribution in [0, 0.1) is 5.41 Å². The smallest absolute Gasteiger partial charge is 0.330 e. The van der Waals surface area contributed by atoms with Crippen LogP contribution in [0.3, 0.4) is 0 Å². The predicted octanol–water partition coefficient (Wildman–Crippen LogP) is 0.757. The Bertz CT molecular complexity index is 599. The van der Waals surface area contributed by atoms with E-state index in [4.69, 9.17) is 10.5 Å². The molecule has 21 heavy (non-hydrogen) atoms. The maximum atomic E-state index is 12.0. The number of ether oxygens (including phenoxy) is 1. The Labute approximate surface area is 123 Å². The lowest BCUT2D eigenvalue weighted by Crippen LogP contribution is -2.37. The van der Waals surface area contributed by atoms with E-state index >= 15 is 0 Å². The zero-order valence-corrected chi connectivity index (χ0v) is 12.7. The Morgan fingerprint density at radius 3 is 2.67 bits per heavy atom. The van der Waals surface area contributed by atoms with Gasteiger partial charge in [-0.1, -0.05) is 13.8 Å². The van der Waals surface area contributed by atoms with Gasteiger partial charge in [0.1, 0.15) is 11.5 Å². The SMILES string of the molecule is CCCn1c(N)c(NCC2(C)CCOCC2)c(=O)[nH]c1=O. The molecule has 0 amide bonds. The summed E-state index contributed by atoms with van der Waals surface area (Å²) in [6.07, 6.45) is 2.64. The molecule has 118 valence electrons. The van der Waals surface area contributed by atoms with Gasteiger partial charge in [0.15, 0.2) is 0 Å². The zero-order chi connectivity index (χ0) is 15.5. The first-order chi connectivity index (χ1) is 9.97. The molecule has 0 unspecified atom stereocenters. The van der Waals surface area contributed by atoms with Gasteiger partial charge in [-0.25, -0.2) is 4.79 Å². The van der Waals surface area contributed by atoms with Crippen molar-refractivity contribution in [2.45, 2.75) is 39.7 Å². The molecule has 7 heteroatoms. The van der Waals surface area contributed by atoms with Crippen molar-refractivity contribution in [3.05, 3.63) is 20.8 Å². The van der Waals surface area contributed by atoms with Gasteiger partial charge in [-0.3, -0.25) is 14.3 Å². The molecule has 1 aliphatic rings. The molecular formula is C14H24N4O3. The summed E-state index contributed by atoms with van der Waals surface area (Å²) in [7, 11) is 0. The lowest BCUT2D eigenvalue weighted by atomic mass is 9.82. The van der Waals surface area contributed by atoms with Crippen LogP contribution in [-0.2, 0) is 11.3 Å². The third-order valence-corrected chi connectivity index (χ3v) is 4.08. The molecule has 1 aromatic heterocycles. The molecule has 1 aromatic rings. The molecule has 0 aromatic carbocycles. The Kier molecular flexibility index (Phi) is 4.72. The van der Waals surface area contributed by atoms with Crippen molar-refractivity contribution >= 4 is 11.5 Å². The number of hydrogen-bond donors (Lipinski definition) is 3. The predicted molar refractivity (Wildman–Crippen MR) is 82.7 cm³/mol. The lowest BCUT2D eigenvalue weighted by molar-refractivity contribution is 0.0300. The van der Waals surface area contributed by atoms with Crippen molar-refractivity contribution < 1.29 is 4.74 Å². The monoisotopic (exact) mass is 296 g/mol.